The third-order valence-corrected chi connectivity index (χ3v) is 2.11. The molecule has 0 unspecified atom stereocenters. The second-order valence-electron chi connectivity index (χ2n) is 3.26. The number of hydrogen-bond acceptors (Lipinski definition) is 4. The van der Waals surface area contributed by atoms with Crippen molar-refractivity contribution < 1.29 is 8.81 Å². The number of nitrogens with two attached hydrogens (primary N) is 1. The third kappa shape index (κ3) is 1.56. The van der Waals surface area contributed by atoms with Crippen molar-refractivity contribution >= 4 is 5.82 Å². The van der Waals surface area contributed by atoms with Crippen LogP contribution in [0.4, 0.5) is 10.2 Å². The third-order valence-electron chi connectivity index (χ3n) is 2.11. The van der Waals surface area contributed by atoms with Crippen molar-refractivity contribution in [1.82, 2.24) is 9.97 Å². The molecule has 0 fully saturated rings. The molecular weight excluding hydrogens is 197 g/mol. The number of anilines is 1. The van der Waals surface area contributed by atoms with E-state index in [9.17, 15) is 4.39 Å². The molecule has 0 aliphatic rings. The number of furan rings is 1. The maximum atomic E-state index is 13.2. The highest BCUT2D eigenvalue weighted by Gasteiger charge is 2.13. The number of nitrogens with zero attached hydrogens (tertiary/aromatic N) is 2. The minimum absolute atomic E-state index is 0.159. The van der Waals surface area contributed by atoms with Gasteiger partial charge in [0.25, 0.3) is 0 Å². The van der Waals surface area contributed by atoms with E-state index in [1.807, 2.05) is 6.92 Å². The van der Waals surface area contributed by atoms with E-state index in [0.29, 0.717) is 11.6 Å². The van der Waals surface area contributed by atoms with E-state index in [2.05, 4.69) is 9.97 Å². The van der Waals surface area contributed by atoms with Crippen LogP contribution in [0.15, 0.2) is 16.7 Å². The Morgan fingerprint density at radius 3 is 2.60 bits per heavy atom. The molecule has 2 N–H and O–H groups in total. The molecule has 0 bridgehead atoms. The zero-order valence-electron chi connectivity index (χ0n) is 8.41. The predicted octanol–water partition coefficient (Wildman–Crippen LogP) is 2.07. The van der Waals surface area contributed by atoms with E-state index in [1.54, 1.807) is 6.07 Å². The van der Waals surface area contributed by atoms with Crippen LogP contribution in [0.2, 0.25) is 0 Å². The molecular formula is C10H10FN3O. The Morgan fingerprint density at radius 2 is 2.07 bits per heavy atom. The molecule has 0 aliphatic heterocycles. The number of aryl methyl sites for hydroxylation is 2. The Kier molecular flexibility index (Phi) is 2.15. The average molecular weight is 207 g/mol. The van der Waals surface area contributed by atoms with Crippen LogP contribution in [0, 0.1) is 19.7 Å². The Labute approximate surface area is 86.0 Å². The van der Waals surface area contributed by atoms with Gasteiger partial charge in [-0.2, -0.15) is 0 Å². The molecule has 0 aromatic carbocycles. The van der Waals surface area contributed by atoms with Gasteiger partial charge in [-0.25, -0.2) is 14.4 Å². The lowest BCUT2D eigenvalue weighted by Crippen LogP contribution is -2.02. The van der Waals surface area contributed by atoms with Gasteiger partial charge < -0.3 is 10.2 Å². The van der Waals surface area contributed by atoms with Crippen molar-refractivity contribution in [2.24, 2.45) is 0 Å². The monoisotopic (exact) mass is 207 g/mol. The molecule has 0 saturated carbocycles. The van der Waals surface area contributed by atoms with Crippen LogP contribution in [0.3, 0.4) is 0 Å². The van der Waals surface area contributed by atoms with Crippen LogP contribution in [0.25, 0.3) is 11.6 Å². The normalized spacial score (nSPS) is 10.6. The van der Waals surface area contributed by atoms with E-state index in [0.717, 1.165) is 5.56 Å². The molecule has 0 atom stereocenters. The molecule has 5 heteroatoms. The van der Waals surface area contributed by atoms with Crippen molar-refractivity contribution in [2.45, 2.75) is 13.8 Å². The fourth-order valence-electron chi connectivity index (χ4n) is 1.28. The van der Waals surface area contributed by atoms with Gasteiger partial charge in [-0.15, -0.1) is 0 Å². The summed E-state index contributed by atoms with van der Waals surface area (Å²) in [5.74, 6) is 0.0926. The number of rotatable bonds is 1. The van der Waals surface area contributed by atoms with Crippen LogP contribution in [0.5, 0.6) is 0 Å². The number of aromatic nitrogens is 2. The van der Waals surface area contributed by atoms with E-state index >= 15 is 0 Å². The van der Waals surface area contributed by atoms with Crippen molar-refractivity contribution in [2.75, 3.05) is 5.73 Å². The molecule has 15 heavy (non-hydrogen) atoms. The lowest BCUT2D eigenvalue weighted by molar-refractivity contribution is 0.570. The van der Waals surface area contributed by atoms with Gasteiger partial charge in [0.2, 0.25) is 0 Å². The van der Waals surface area contributed by atoms with E-state index in [1.165, 1.54) is 13.2 Å². The van der Waals surface area contributed by atoms with E-state index in [4.69, 9.17) is 10.2 Å². The molecule has 2 aromatic rings. The van der Waals surface area contributed by atoms with Crippen LogP contribution >= 0.6 is 0 Å². The van der Waals surface area contributed by atoms with Crippen LogP contribution in [0.1, 0.15) is 11.3 Å². The Balaban J connectivity index is 2.60. The van der Waals surface area contributed by atoms with E-state index < -0.39 is 5.82 Å². The fourth-order valence-corrected chi connectivity index (χ4v) is 1.28. The first-order valence-corrected chi connectivity index (χ1v) is 4.43. The standard InChI is InChI=1S/C10H10FN3O/c1-5-3-4-15-8(5)10-13-6(2)7(11)9(12)14-10/h3-4H,1-2H3,(H2,12,13,14). The molecule has 2 aromatic heterocycles. The lowest BCUT2D eigenvalue weighted by atomic mass is 10.2. The van der Waals surface area contributed by atoms with Gasteiger partial charge in [0.15, 0.2) is 23.2 Å². The Morgan fingerprint density at radius 1 is 1.33 bits per heavy atom. The topological polar surface area (TPSA) is 64.9 Å². The minimum atomic E-state index is -0.581. The SMILES string of the molecule is Cc1ccoc1-c1nc(C)c(F)c(N)n1. The van der Waals surface area contributed by atoms with Crippen LogP contribution in [-0.2, 0) is 0 Å². The summed E-state index contributed by atoms with van der Waals surface area (Å²) in [5.41, 5.74) is 6.52. The highest BCUT2D eigenvalue weighted by molar-refractivity contribution is 5.54. The van der Waals surface area contributed by atoms with Gasteiger partial charge in [0.05, 0.1) is 12.0 Å². The second kappa shape index (κ2) is 3.34. The highest BCUT2D eigenvalue weighted by atomic mass is 19.1. The number of halogens is 1. The molecule has 0 spiro atoms. The van der Waals surface area contributed by atoms with Gasteiger partial charge in [-0.3, -0.25) is 0 Å². The summed E-state index contributed by atoms with van der Waals surface area (Å²) < 4.78 is 18.4. The summed E-state index contributed by atoms with van der Waals surface area (Å²) in [6, 6.07) is 1.79. The van der Waals surface area contributed by atoms with Crippen molar-refractivity contribution in [3.63, 3.8) is 0 Å². The summed E-state index contributed by atoms with van der Waals surface area (Å²) >= 11 is 0. The summed E-state index contributed by atoms with van der Waals surface area (Å²) in [7, 11) is 0. The first-order chi connectivity index (χ1) is 7.09. The Hall–Kier alpha value is -1.91. The maximum Gasteiger partial charge on any atom is 0.198 e. The molecule has 78 valence electrons. The quantitative estimate of drug-likeness (QED) is 0.777. The molecule has 2 rings (SSSR count). The molecule has 2 heterocycles. The minimum Gasteiger partial charge on any atom is -0.461 e. The molecule has 0 amide bonds. The first-order valence-electron chi connectivity index (χ1n) is 4.43. The van der Waals surface area contributed by atoms with Crippen LogP contribution < -0.4 is 5.73 Å². The summed E-state index contributed by atoms with van der Waals surface area (Å²) in [4.78, 5) is 7.81. The van der Waals surface area contributed by atoms with E-state index in [-0.39, 0.29) is 11.5 Å². The van der Waals surface area contributed by atoms with Crippen molar-refractivity contribution in [3.8, 4) is 11.6 Å². The summed E-state index contributed by atoms with van der Waals surface area (Å²) in [5, 5.41) is 0. The summed E-state index contributed by atoms with van der Waals surface area (Å²) in [6.07, 6.45) is 1.53. The largest absolute Gasteiger partial charge is 0.461 e. The van der Waals surface area contributed by atoms with Gasteiger partial charge in [-0.05, 0) is 25.5 Å². The molecule has 0 radical (unpaired) electrons. The zero-order chi connectivity index (χ0) is 11.0. The molecule has 0 saturated heterocycles. The van der Waals surface area contributed by atoms with Crippen LogP contribution in [-0.4, -0.2) is 9.97 Å². The molecule has 0 aliphatic carbocycles. The second-order valence-corrected chi connectivity index (χ2v) is 3.26. The van der Waals surface area contributed by atoms with Gasteiger partial charge in [-0.1, -0.05) is 0 Å². The van der Waals surface area contributed by atoms with Crippen molar-refractivity contribution in [3.05, 3.63) is 29.4 Å². The predicted molar refractivity (Wildman–Crippen MR) is 53.6 cm³/mol. The highest BCUT2D eigenvalue weighted by Crippen LogP contribution is 2.23. The van der Waals surface area contributed by atoms with Gasteiger partial charge >= 0.3 is 0 Å². The zero-order valence-corrected chi connectivity index (χ0v) is 8.41. The maximum absolute atomic E-state index is 13.2. The molecule has 4 nitrogen and oxygen atoms in total. The summed E-state index contributed by atoms with van der Waals surface area (Å²) in [6.45, 7) is 3.40. The fraction of sp³-hybridized carbons (Fsp3) is 0.200. The Bertz CT molecular complexity index is 484. The van der Waals surface area contributed by atoms with Crippen molar-refractivity contribution in [1.29, 1.82) is 0 Å². The smallest absolute Gasteiger partial charge is 0.198 e. The van der Waals surface area contributed by atoms with Gasteiger partial charge in [0.1, 0.15) is 0 Å². The average Bonchev–Trinajstić information content (AvgIpc) is 2.60. The number of nitrogen functional groups attached to an aromatic ring is 1. The first kappa shape index (κ1) is 9.64. The number of hydrogen-bond donors (Lipinski definition) is 1. The van der Waals surface area contributed by atoms with Gasteiger partial charge in [0, 0.05) is 0 Å². The lowest BCUT2D eigenvalue weighted by Gasteiger charge is -2.02.